The van der Waals surface area contributed by atoms with E-state index in [-0.39, 0.29) is 13.2 Å². The van der Waals surface area contributed by atoms with Crippen molar-refractivity contribution in [3.8, 4) is 0 Å². The third kappa shape index (κ3) is 5.18. The lowest BCUT2D eigenvalue weighted by Crippen LogP contribution is -2.39. The first-order valence-corrected chi connectivity index (χ1v) is 7.69. The summed E-state index contributed by atoms with van der Waals surface area (Å²) in [5, 5.41) is 0. The van der Waals surface area contributed by atoms with Gasteiger partial charge in [-0.3, -0.25) is 0 Å². The number of unbranched alkanes of at least 4 members (excludes halogenated alkanes) is 2. The normalized spacial score (nSPS) is 22.7. The number of esters is 2. The molecule has 1 aliphatic rings. The summed E-state index contributed by atoms with van der Waals surface area (Å²) in [6.07, 6.45) is 0.471. The van der Waals surface area contributed by atoms with E-state index in [1.807, 2.05) is 13.8 Å². The quantitative estimate of drug-likeness (QED) is 0.489. The molecule has 0 N–H and O–H groups in total. The number of hydrogen-bond donors (Lipinski definition) is 0. The molecule has 0 saturated carbocycles. The second-order valence-corrected chi connectivity index (χ2v) is 5.07. The van der Waals surface area contributed by atoms with Crippen LogP contribution < -0.4 is 0 Å². The lowest BCUT2D eigenvalue weighted by molar-refractivity contribution is -0.163. The maximum absolute atomic E-state index is 11.7. The predicted molar refractivity (Wildman–Crippen MR) is 69.6 cm³/mol. The molecule has 0 aromatic heterocycles. The Kier molecular flexibility index (Phi) is 7.71. The average molecular weight is 308 g/mol. The zero-order chi connectivity index (χ0) is 15.0. The molecule has 1 aliphatic heterocycles. The number of carbonyl (C=O) groups excluding carboxylic acids is 2. The first-order chi connectivity index (χ1) is 9.60. The van der Waals surface area contributed by atoms with Crippen LogP contribution >= 0.6 is 0 Å². The molecule has 1 saturated heterocycles. The van der Waals surface area contributed by atoms with Crippen molar-refractivity contribution in [1.29, 1.82) is 0 Å². The molecule has 0 amide bonds. The largest absolute Gasteiger partial charge is 0.464 e. The summed E-state index contributed by atoms with van der Waals surface area (Å²) in [5.41, 5.74) is 0. The molecule has 8 heteroatoms. The van der Waals surface area contributed by atoms with Gasteiger partial charge in [-0.2, -0.15) is 4.21 Å². The van der Waals surface area contributed by atoms with Gasteiger partial charge < -0.3 is 9.47 Å². The van der Waals surface area contributed by atoms with Crippen LogP contribution in [0.15, 0.2) is 0 Å². The van der Waals surface area contributed by atoms with E-state index in [0.717, 1.165) is 12.8 Å². The van der Waals surface area contributed by atoms with E-state index in [1.54, 1.807) is 0 Å². The van der Waals surface area contributed by atoms with Crippen molar-refractivity contribution in [2.75, 3.05) is 13.2 Å². The summed E-state index contributed by atoms with van der Waals surface area (Å²) in [5.74, 6) is -1.52. The standard InChI is InChI=1S/C12H20O7S/c1-3-5-7-16-11(13)9-10(19-20(15)18-9)12(14)17-8-6-4-2/h9-10H,3-8H2,1-2H3/t9-,10-/m1/s1. The van der Waals surface area contributed by atoms with Gasteiger partial charge >= 0.3 is 23.3 Å². The Labute approximate surface area is 120 Å². The van der Waals surface area contributed by atoms with Gasteiger partial charge in [0.05, 0.1) is 13.2 Å². The molecular weight excluding hydrogens is 288 g/mol. The molecule has 1 fully saturated rings. The van der Waals surface area contributed by atoms with Crippen molar-refractivity contribution in [3.63, 3.8) is 0 Å². The molecule has 0 spiro atoms. The van der Waals surface area contributed by atoms with E-state index in [0.29, 0.717) is 12.8 Å². The minimum Gasteiger partial charge on any atom is -0.464 e. The molecule has 7 nitrogen and oxygen atoms in total. The van der Waals surface area contributed by atoms with Crippen molar-refractivity contribution in [2.45, 2.75) is 51.7 Å². The maximum atomic E-state index is 11.7. The van der Waals surface area contributed by atoms with Gasteiger partial charge in [0.2, 0.25) is 12.2 Å². The molecule has 1 rings (SSSR count). The van der Waals surface area contributed by atoms with Crippen LogP contribution in [0, 0.1) is 0 Å². The molecule has 0 aromatic carbocycles. The van der Waals surface area contributed by atoms with E-state index in [1.165, 1.54) is 0 Å². The van der Waals surface area contributed by atoms with Crippen LogP contribution in [0.4, 0.5) is 0 Å². The third-order valence-electron chi connectivity index (χ3n) is 2.59. The van der Waals surface area contributed by atoms with Crippen LogP contribution in [-0.4, -0.2) is 41.6 Å². The first kappa shape index (κ1) is 17.1. The summed E-state index contributed by atoms with van der Waals surface area (Å²) in [4.78, 5) is 23.5. The monoisotopic (exact) mass is 308 g/mol. The molecule has 116 valence electrons. The van der Waals surface area contributed by atoms with Gasteiger partial charge in [-0.15, -0.1) is 0 Å². The van der Waals surface area contributed by atoms with Crippen molar-refractivity contribution in [1.82, 2.24) is 0 Å². The molecule has 20 heavy (non-hydrogen) atoms. The lowest BCUT2D eigenvalue weighted by Gasteiger charge is -2.13. The molecule has 1 heterocycles. The topological polar surface area (TPSA) is 88.1 Å². The zero-order valence-electron chi connectivity index (χ0n) is 11.7. The summed E-state index contributed by atoms with van der Waals surface area (Å²) in [7, 11) is 0. The van der Waals surface area contributed by atoms with E-state index in [9.17, 15) is 13.8 Å². The molecule has 0 radical (unpaired) electrons. The van der Waals surface area contributed by atoms with Crippen molar-refractivity contribution in [3.05, 3.63) is 0 Å². The van der Waals surface area contributed by atoms with Crippen molar-refractivity contribution >= 4 is 23.3 Å². The molecule has 0 aromatic rings. The maximum Gasteiger partial charge on any atom is 0.340 e. The predicted octanol–water partition coefficient (Wildman–Crippen LogP) is 1.04. The van der Waals surface area contributed by atoms with Gasteiger partial charge in [0.15, 0.2) is 0 Å². The molecule has 2 atom stereocenters. The van der Waals surface area contributed by atoms with Crippen LogP contribution in [0.5, 0.6) is 0 Å². The number of ether oxygens (including phenoxy) is 2. The van der Waals surface area contributed by atoms with Crippen molar-refractivity contribution in [2.24, 2.45) is 0 Å². The molecule has 0 bridgehead atoms. The van der Waals surface area contributed by atoms with Crippen LogP contribution in [0.2, 0.25) is 0 Å². The van der Waals surface area contributed by atoms with E-state index < -0.39 is 35.5 Å². The Hall–Kier alpha value is -0.990. The third-order valence-corrected chi connectivity index (χ3v) is 3.32. The lowest BCUT2D eigenvalue weighted by atomic mass is 10.2. The van der Waals surface area contributed by atoms with E-state index >= 15 is 0 Å². The van der Waals surface area contributed by atoms with E-state index in [4.69, 9.17) is 17.8 Å². The summed E-state index contributed by atoms with van der Waals surface area (Å²) >= 11 is -2.14. The average Bonchev–Trinajstić information content (AvgIpc) is 2.81. The van der Waals surface area contributed by atoms with Gasteiger partial charge in [0.1, 0.15) is 0 Å². The van der Waals surface area contributed by atoms with Crippen LogP contribution in [0.1, 0.15) is 39.5 Å². The Balaban J connectivity index is 2.52. The van der Waals surface area contributed by atoms with Gasteiger partial charge in [-0.1, -0.05) is 26.7 Å². The summed E-state index contributed by atoms with van der Waals surface area (Å²) in [6, 6.07) is 0. The van der Waals surface area contributed by atoms with Crippen molar-refractivity contribution < 1.29 is 31.6 Å². The Morgan fingerprint density at radius 3 is 1.70 bits per heavy atom. The van der Waals surface area contributed by atoms with Crippen LogP contribution in [0.25, 0.3) is 0 Å². The van der Waals surface area contributed by atoms with Crippen LogP contribution in [-0.2, 0) is 38.8 Å². The zero-order valence-corrected chi connectivity index (χ0v) is 12.5. The van der Waals surface area contributed by atoms with Gasteiger partial charge in [-0.25, -0.2) is 18.0 Å². The SMILES string of the molecule is CCCCOC(=O)[C@@H]1OS(=O)O[C@H]1C(=O)OCCCC. The fourth-order valence-electron chi connectivity index (χ4n) is 1.42. The fourth-order valence-corrected chi connectivity index (χ4v) is 2.16. The fraction of sp³-hybridized carbons (Fsp3) is 0.833. The Morgan fingerprint density at radius 2 is 1.35 bits per heavy atom. The minimum absolute atomic E-state index is 0.222. The highest BCUT2D eigenvalue weighted by atomic mass is 32.2. The highest BCUT2D eigenvalue weighted by Crippen LogP contribution is 2.20. The highest BCUT2D eigenvalue weighted by molar-refractivity contribution is 7.75. The highest BCUT2D eigenvalue weighted by Gasteiger charge is 2.47. The number of hydrogen-bond acceptors (Lipinski definition) is 7. The molecule has 0 aliphatic carbocycles. The van der Waals surface area contributed by atoms with E-state index in [2.05, 4.69) is 0 Å². The van der Waals surface area contributed by atoms with Gasteiger partial charge in [0, 0.05) is 0 Å². The molecule has 0 unspecified atom stereocenters. The smallest absolute Gasteiger partial charge is 0.340 e. The second-order valence-electron chi connectivity index (χ2n) is 4.28. The summed E-state index contributed by atoms with van der Waals surface area (Å²) < 4.78 is 30.6. The second kappa shape index (κ2) is 9.04. The minimum atomic E-state index is -2.14. The van der Waals surface area contributed by atoms with Gasteiger partial charge in [0.25, 0.3) is 0 Å². The molecular formula is C12H20O7S. The number of rotatable bonds is 8. The summed E-state index contributed by atoms with van der Waals surface area (Å²) in [6.45, 7) is 4.34. The number of carbonyl (C=O) groups is 2. The van der Waals surface area contributed by atoms with Gasteiger partial charge in [-0.05, 0) is 12.8 Å². The van der Waals surface area contributed by atoms with Crippen LogP contribution in [0.3, 0.4) is 0 Å². The first-order valence-electron chi connectivity index (χ1n) is 6.69. The Morgan fingerprint density at radius 1 is 0.950 bits per heavy atom. The Bertz CT molecular complexity index is 326.